The molecule has 0 saturated heterocycles. The second kappa shape index (κ2) is 8.11. The van der Waals surface area contributed by atoms with Gasteiger partial charge in [0.1, 0.15) is 0 Å². The van der Waals surface area contributed by atoms with Crippen LogP contribution in [0.25, 0.3) is 0 Å². The number of hydrogen-bond acceptors (Lipinski definition) is 6. The van der Waals surface area contributed by atoms with Crippen molar-refractivity contribution in [2.24, 2.45) is 0 Å². The highest BCUT2D eigenvalue weighted by atomic mass is 32.2. The van der Waals surface area contributed by atoms with Gasteiger partial charge in [0.25, 0.3) is 0 Å². The van der Waals surface area contributed by atoms with E-state index in [1.807, 2.05) is 6.26 Å². The van der Waals surface area contributed by atoms with E-state index in [1.165, 1.54) is 37.4 Å². The molecule has 0 spiro atoms. The van der Waals surface area contributed by atoms with E-state index in [-0.39, 0.29) is 5.91 Å². The van der Waals surface area contributed by atoms with Crippen molar-refractivity contribution in [3.8, 4) is 0 Å². The third kappa shape index (κ3) is 5.31. The van der Waals surface area contributed by atoms with Crippen molar-refractivity contribution < 1.29 is 4.79 Å². The normalized spacial score (nSPS) is 17.1. The fourth-order valence-electron chi connectivity index (χ4n) is 2.16. The number of nitrogens with zero attached hydrogens (tertiary/aromatic N) is 2. The Morgan fingerprint density at radius 1 is 1.26 bits per heavy atom. The standard InChI is InChI=1S/C12H19N3OS3/c1-17-11-14-15-12(19-11)18-8-10(16)13-9-6-4-2-3-5-7-9/h9H,2-8H2,1H3,(H,13,16). The Kier molecular flexibility index (Phi) is 6.46. The van der Waals surface area contributed by atoms with Gasteiger partial charge in [0.15, 0.2) is 8.68 Å². The Hall–Kier alpha value is -0.270. The first-order chi connectivity index (χ1) is 9.28. The van der Waals surface area contributed by atoms with E-state index >= 15 is 0 Å². The molecule has 0 bridgehead atoms. The SMILES string of the molecule is CSc1nnc(SCC(=O)NC2CCCCCC2)s1. The molecule has 1 N–H and O–H groups in total. The van der Waals surface area contributed by atoms with E-state index in [2.05, 4.69) is 15.5 Å². The van der Waals surface area contributed by atoms with E-state index in [0.717, 1.165) is 21.5 Å². The minimum atomic E-state index is 0.123. The van der Waals surface area contributed by atoms with Crippen molar-refractivity contribution in [3.05, 3.63) is 0 Å². The maximum atomic E-state index is 11.9. The lowest BCUT2D eigenvalue weighted by atomic mass is 10.1. The maximum Gasteiger partial charge on any atom is 0.230 e. The molecule has 106 valence electrons. The maximum absolute atomic E-state index is 11.9. The first-order valence-electron chi connectivity index (χ1n) is 6.57. The summed E-state index contributed by atoms with van der Waals surface area (Å²) < 4.78 is 1.83. The zero-order valence-corrected chi connectivity index (χ0v) is 13.5. The lowest BCUT2D eigenvalue weighted by Gasteiger charge is -2.15. The molecule has 0 radical (unpaired) electrons. The molecule has 0 unspecified atom stereocenters. The van der Waals surface area contributed by atoms with Crippen LogP contribution in [0.1, 0.15) is 38.5 Å². The summed E-state index contributed by atoms with van der Waals surface area (Å²) in [6, 6.07) is 0.381. The number of thioether (sulfide) groups is 2. The van der Waals surface area contributed by atoms with Gasteiger partial charge in [0.05, 0.1) is 5.75 Å². The topological polar surface area (TPSA) is 54.9 Å². The quantitative estimate of drug-likeness (QED) is 0.667. The van der Waals surface area contributed by atoms with Gasteiger partial charge in [0, 0.05) is 6.04 Å². The molecule has 0 aliphatic heterocycles. The Labute approximate surface area is 126 Å². The number of hydrogen-bond donors (Lipinski definition) is 1. The fraction of sp³-hybridized carbons (Fsp3) is 0.750. The summed E-state index contributed by atoms with van der Waals surface area (Å²) in [6.45, 7) is 0. The number of nitrogens with one attached hydrogen (secondary N) is 1. The molecule has 1 amide bonds. The van der Waals surface area contributed by atoms with Gasteiger partial charge in [-0.3, -0.25) is 4.79 Å². The molecule has 2 rings (SSSR count). The van der Waals surface area contributed by atoms with Crippen LogP contribution in [0.3, 0.4) is 0 Å². The zero-order chi connectivity index (χ0) is 13.5. The van der Waals surface area contributed by atoms with E-state index in [0.29, 0.717) is 11.8 Å². The lowest BCUT2D eigenvalue weighted by molar-refractivity contribution is -0.119. The van der Waals surface area contributed by atoms with Gasteiger partial charge in [-0.05, 0) is 19.1 Å². The van der Waals surface area contributed by atoms with Crippen LogP contribution in [-0.4, -0.2) is 34.2 Å². The van der Waals surface area contributed by atoms with Crippen molar-refractivity contribution in [1.82, 2.24) is 15.5 Å². The fourth-order valence-corrected chi connectivity index (χ4v) is 4.41. The number of carbonyl (C=O) groups excluding carboxylic acids is 1. The molecule has 1 heterocycles. The third-order valence-corrected chi connectivity index (χ3v) is 6.14. The largest absolute Gasteiger partial charge is 0.353 e. The van der Waals surface area contributed by atoms with Gasteiger partial charge in [-0.15, -0.1) is 10.2 Å². The zero-order valence-electron chi connectivity index (χ0n) is 11.1. The third-order valence-electron chi connectivity index (χ3n) is 3.11. The van der Waals surface area contributed by atoms with Crippen molar-refractivity contribution >= 4 is 40.8 Å². The Morgan fingerprint density at radius 3 is 2.58 bits per heavy atom. The molecule has 4 nitrogen and oxygen atoms in total. The summed E-state index contributed by atoms with van der Waals surface area (Å²) in [7, 11) is 0. The molecule has 1 fully saturated rings. The predicted octanol–water partition coefficient (Wildman–Crippen LogP) is 3.19. The summed E-state index contributed by atoms with van der Waals surface area (Å²) in [5, 5.41) is 11.2. The Morgan fingerprint density at radius 2 is 1.95 bits per heavy atom. The van der Waals surface area contributed by atoms with Gasteiger partial charge in [-0.25, -0.2) is 0 Å². The van der Waals surface area contributed by atoms with Crippen molar-refractivity contribution in [2.45, 2.75) is 53.2 Å². The molecular formula is C12H19N3OS3. The molecule has 1 aromatic rings. The van der Waals surface area contributed by atoms with Gasteiger partial charge in [-0.1, -0.05) is 60.5 Å². The molecular weight excluding hydrogens is 298 g/mol. The van der Waals surface area contributed by atoms with Crippen molar-refractivity contribution in [3.63, 3.8) is 0 Å². The van der Waals surface area contributed by atoms with Crippen LogP contribution in [0.5, 0.6) is 0 Å². The highest BCUT2D eigenvalue weighted by Gasteiger charge is 2.15. The molecule has 0 atom stereocenters. The van der Waals surface area contributed by atoms with E-state index in [9.17, 15) is 4.79 Å². The van der Waals surface area contributed by atoms with Crippen LogP contribution < -0.4 is 5.32 Å². The van der Waals surface area contributed by atoms with Gasteiger partial charge in [0.2, 0.25) is 5.91 Å². The van der Waals surface area contributed by atoms with E-state index < -0.39 is 0 Å². The van der Waals surface area contributed by atoms with Gasteiger partial charge < -0.3 is 5.32 Å². The van der Waals surface area contributed by atoms with Crippen LogP contribution in [0.15, 0.2) is 8.68 Å². The van der Waals surface area contributed by atoms with Crippen LogP contribution in [0, 0.1) is 0 Å². The summed E-state index contributed by atoms with van der Waals surface area (Å²) >= 11 is 4.61. The first-order valence-corrected chi connectivity index (χ1v) is 9.60. The molecule has 1 aliphatic rings. The number of amides is 1. The molecule has 1 aliphatic carbocycles. The highest BCUT2D eigenvalue weighted by Crippen LogP contribution is 2.27. The first kappa shape index (κ1) is 15.1. The summed E-state index contributed by atoms with van der Waals surface area (Å²) in [6.07, 6.45) is 9.34. The summed E-state index contributed by atoms with van der Waals surface area (Å²) in [5.41, 5.74) is 0. The van der Waals surface area contributed by atoms with Crippen molar-refractivity contribution in [2.75, 3.05) is 12.0 Å². The Balaban J connectivity index is 1.71. The smallest absolute Gasteiger partial charge is 0.230 e. The van der Waals surface area contributed by atoms with Crippen LogP contribution in [0.4, 0.5) is 0 Å². The number of rotatable bonds is 5. The predicted molar refractivity (Wildman–Crippen MR) is 82.0 cm³/mol. The van der Waals surface area contributed by atoms with Crippen molar-refractivity contribution in [1.29, 1.82) is 0 Å². The minimum absolute atomic E-state index is 0.123. The molecule has 1 saturated carbocycles. The molecule has 7 heteroatoms. The number of aromatic nitrogens is 2. The second-order valence-corrected chi connectivity index (χ2v) is 7.84. The second-order valence-electron chi connectivity index (χ2n) is 4.58. The van der Waals surface area contributed by atoms with E-state index in [1.54, 1.807) is 23.1 Å². The number of carbonyl (C=O) groups is 1. The molecule has 1 aromatic heterocycles. The minimum Gasteiger partial charge on any atom is -0.353 e. The average molecular weight is 318 g/mol. The molecule has 19 heavy (non-hydrogen) atoms. The van der Waals surface area contributed by atoms with Crippen LogP contribution in [0.2, 0.25) is 0 Å². The highest BCUT2D eigenvalue weighted by molar-refractivity contribution is 8.03. The average Bonchev–Trinajstić information content (AvgIpc) is 2.73. The van der Waals surface area contributed by atoms with E-state index in [4.69, 9.17) is 0 Å². The van der Waals surface area contributed by atoms with Gasteiger partial charge >= 0.3 is 0 Å². The monoisotopic (exact) mass is 317 g/mol. The summed E-state index contributed by atoms with van der Waals surface area (Å²) in [5.74, 6) is 0.567. The van der Waals surface area contributed by atoms with Crippen LogP contribution >= 0.6 is 34.9 Å². The lowest BCUT2D eigenvalue weighted by Crippen LogP contribution is -2.35. The Bertz CT molecular complexity index is 403. The summed E-state index contributed by atoms with van der Waals surface area (Å²) in [4.78, 5) is 11.9. The molecule has 0 aromatic carbocycles. The van der Waals surface area contributed by atoms with Gasteiger partial charge in [-0.2, -0.15) is 0 Å². The van der Waals surface area contributed by atoms with Crippen LogP contribution in [-0.2, 0) is 4.79 Å².